The minimum Gasteiger partial charge on any atom is -0.508 e. The predicted octanol–water partition coefficient (Wildman–Crippen LogP) is 3.90. The van der Waals surface area contributed by atoms with Crippen molar-refractivity contribution in [2.24, 2.45) is 0 Å². The highest BCUT2D eigenvalue weighted by Crippen LogP contribution is 2.27. The van der Waals surface area contributed by atoms with Gasteiger partial charge in [0, 0.05) is 12.1 Å². The molecule has 2 aromatic carbocycles. The first-order valence-electron chi connectivity index (χ1n) is 6.84. The Balaban J connectivity index is 2.22. The van der Waals surface area contributed by atoms with Gasteiger partial charge < -0.3 is 5.11 Å². The van der Waals surface area contributed by atoms with Crippen molar-refractivity contribution in [3.63, 3.8) is 0 Å². The van der Waals surface area contributed by atoms with Crippen LogP contribution in [0.2, 0.25) is 0 Å². The third-order valence-electron chi connectivity index (χ3n) is 3.48. The highest BCUT2D eigenvalue weighted by molar-refractivity contribution is 5.65. The van der Waals surface area contributed by atoms with Crippen LogP contribution in [0.3, 0.4) is 0 Å². The first-order chi connectivity index (χ1) is 9.24. The summed E-state index contributed by atoms with van der Waals surface area (Å²) in [7, 11) is 0. The Bertz CT molecular complexity index is 518. The number of rotatable bonds is 5. The zero-order valence-corrected chi connectivity index (χ0v) is 11.6. The van der Waals surface area contributed by atoms with Gasteiger partial charge in [-0.1, -0.05) is 56.3 Å². The molecule has 0 aromatic heterocycles. The number of hydrogen-bond acceptors (Lipinski definition) is 2. The molecule has 2 heteroatoms. The van der Waals surface area contributed by atoms with E-state index in [1.807, 2.05) is 30.3 Å². The lowest BCUT2D eigenvalue weighted by Gasteiger charge is -2.19. The zero-order valence-electron chi connectivity index (χ0n) is 11.6. The molecule has 2 nitrogen and oxygen atoms in total. The fourth-order valence-electron chi connectivity index (χ4n) is 2.20. The average Bonchev–Trinajstić information content (AvgIpc) is 2.47. The molecule has 100 valence electrons. The van der Waals surface area contributed by atoms with E-state index in [2.05, 4.69) is 36.9 Å². The second-order valence-corrected chi connectivity index (χ2v) is 4.67. The van der Waals surface area contributed by atoms with Crippen LogP contribution in [0.5, 0.6) is 5.75 Å². The molecule has 0 aliphatic heterocycles. The summed E-state index contributed by atoms with van der Waals surface area (Å²) in [6.45, 7) is 7.07. The van der Waals surface area contributed by atoms with Gasteiger partial charge in [0.05, 0.1) is 0 Å². The molecule has 0 heterocycles. The Morgan fingerprint density at radius 2 is 1.58 bits per heavy atom. The highest BCUT2D eigenvalue weighted by Gasteiger charge is 2.07. The largest absolute Gasteiger partial charge is 0.508 e. The summed E-state index contributed by atoms with van der Waals surface area (Å²) in [5.74, 6) is 0.383. The fourth-order valence-corrected chi connectivity index (χ4v) is 2.20. The lowest BCUT2D eigenvalue weighted by atomic mass is 10.0. The lowest BCUT2D eigenvalue weighted by molar-refractivity contribution is 0.291. The van der Waals surface area contributed by atoms with Crippen molar-refractivity contribution in [2.75, 3.05) is 13.1 Å². The monoisotopic (exact) mass is 255 g/mol. The minimum absolute atomic E-state index is 0.383. The molecule has 1 N–H and O–H groups in total. The summed E-state index contributed by atoms with van der Waals surface area (Å²) in [6, 6.07) is 16.1. The molecule has 0 amide bonds. The van der Waals surface area contributed by atoms with Crippen LogP contribution in [0.15, 0.2) is 48.5 Å². The molecule has 0 bridgehead atoms. The van der Waals surface area contributed by atoms with Crippen LogP contribution in [0.4, 0.5) is 0 Å². The highest BCUT2D eigenvalue weighted by atomic mass is 16.3. The first kappa shape index (κ1) is 13.6. The van der Waals surface area contributed by atoms with Crippen molar-refractivity contribution >= 4 is 0 Å². The van der Waals surface area contributed by atoms with E-state index >= 15 is 0 Å². The van der Waals surface area contributed by atoms with Gasteiger partial charge in [-0.05, 0) is 30.3 Å². The normalized spacial score (nSPS) is 10.9. The Kier molecular flexibility index (Phi) is 4.58. The summed E-state index contributed by atoms with van der Waals surface area (Å²) < 4.78 is 0. The van der Waals surface area contributed by atoms with E-state index in [9.17, 15) is 5.11 Å². The topological polar surface area (TPSA) is 23.5 Å². The van der Waals surface area contributed by atoms with E-state index in [4.69, 9.17) is 0 Å². The molecule has 19 heavy (non-hydrogen) atoms. The Morgan fingerprint density at radius 1 is 0.895 bits per heavy atom. The maximum atomic E-state index is 10.2. The SMILES string of the molecule is CCN(CC)Cc1ccc(-c2ccccc2)cc1O. The molecule has 0 fully saturated rings. The van der Waals surface area contributed by atoms with E-state index in [1.165, 1.54) is 0 Å². The van der Waals surface area contributed by atoms with E-state index in [0.29, 0.717) is 5.75 Å². The first-order valence-corrected chi connectivity index (χ1v) is 6.84. The Morgan fingerprint density at radius 3 is 2.16 bits per heavy atom. The van der Waals surface area contributed by atoms with Crippen LogP contribution in [0, 0.1) is 0 Å². The number of nitrogens with zero attached hydrogens (tertiary/aromatic N) is 1. The van der Waals surface area contributed by atoms with Crippen molar-refractivity contribution in [1.82, 2.24) is 4.90 Å². The number of phenols is 1. The summed E-state index contributed by atoms with van der Waals surface area (Å²) in [6.07, 6.45) is 0. The molecule has 0 saturated carbocycles. The van der Waals surface area contributed by atoms with Gasteiger partial charge in [0.15, 0.2) is 0 Å². The molecular formula is C17H21NO. The van der Waals surface area contributed by atoms with Gasteiger partial charge in [-0.25, -0.2) is 0 Å². The van der Waals surface area contributed by atoms with Gasteiger partial charge >= 0.3 is 0 Å². The zero-order chi connectivity index (χ0) is 13.7. The van der Waals surface area contributed by atoms with Crippen LogP contribution < -0.4 is 0 Å². The van der Waals surface area contributed by atoms with Crippen LogP contribution in [0.25, 0.3) is 11.1 Å². The van der Waals surface area contributed by atoms with Crippen molar-refractivity contribution in [3.8, 4) is 16.9 Å². The van der Waals surface area contributed by atoms with Crippen LogP contribution >= 0.6 is 0 Å². The molecule has 0 atom stereocenters. The summed E-state index contributed by atoms with van der Waals surface area (Å²) in [4.78, 5) is 2.29. The fraction of sp³-hybridized carbons (Fsp3) is 0.294. The smallest absolute Gasteiger partial charge is 0.120 e. The number of hydrogen-bond donors (Lipinski definition) is 1. The second-order valence-electron chi connectivity index (χ2n) is 4.67. The van der Waals surface area contributed by atoms with Crippen LogP contribution in [-0.2, 0) is 6.54 Å². The van der Waals surface area contributed by atoms with Crippen molar-refractivity contribution in [2.45, 2.75) is 20.4 Å². The van der Waals surface area contributed by atoms with E-state index in [0.717, 1.165) is 36.3 Å². The number of phenolic OH excluding ortho intramolecular Hbond substituents is 1. The van der Waals surface area contributed by atoms with Crippen LogP contribution in [0.1, 0.15) is 19.4 Å². The van der Waals surface area contributed by atoms with E-state index in [-0.39, 0.29) is 0 Å². The average molecular weight is 255 g/mol. The summed E-state index contributed by atoms with van der Waals surface area (Å²) >= 11 is 0. The number of benzene rings is 2. The molecule has 2 aromatic rings. The molecule has 2 rings (SSSR count). The molecular weight excluding hydrogens is 234 g/mol. The predicted molar refractivity (Wildman–Crippen MR) is 80.2 cm³/mol. The van der Waals surface area contributed by atoms with Gasteiger partial charge in [-0.2, -0.15) is 0 Å². The molecule has 0 unspecified atom stereocenters. The molecule has 0 spiro atoms. The van der Waals surface area contributed by atoms with E-state index < -0.39 is 0 Å². The van der Waals surface area contributed by atoms with Crippen molar-refractivity contribution in [3.05, 3.63) is 54.1 Å². The van der Waals surface area contributed by atoms with E-state index in [1.54, 1.807) is 0 Å². The van der Waals surface area contributed by atoms with Crippen molar-refractivity contribution < 1.29 is 5.11 Å². The van der Waals surface area contributed by atoms with Crippen LogP contribution in [-0.4, -0.2) is 23.1 Å². The Hall–Kier alpha value is -1.80. The molecule has 0 aliphatic carbocycles. The molecule has 0 aliphatic rings. The van der Waals surface area contributed by atoms with Gasteiger partial charge in [0.2, 0.25) is 0 Å². The quantitative estimate of drug-likeness (QED) is 0.876. The van der Waals surface area contributed by atoms with Crippen molar-refractivity contribution in [1.29, 1.82) is 0 Å². The maximum Gasteiger partial charge on any atom is 0.120 e. The third kappa shape index (κ3) is 3.36. The lowest BCUT2D eigenvalue weighted by Crippen LogP contribution is -2.22. The summed E-state index contributed by atoms with van der Waals surface area (Å²) in [5.41, 5.74) is 3.18. The van der Waals surface area contributed by atoms with Gasteiger partial charge in [-0.15, -0.1) is 0 Å². The number of aromatic hydroxyl groups is 1. The maximum absolute atomic E-state index is 10.2. The summed E-state index contributed by atoms with van der Waals surface area (Å²) in [5, 5.41) is 10.2. The standard InChI is InChI=1S/C17H21NO/c1-3-18(4-2)13-16-11-10-15(12-17(16)19)14-8-6-5-7-9-14/h5-12,19H,3-4,13H2,1-2H3. The minimum atomic E-state index is 0.383. The third-order valence-corrected chi connectivity index (χ3v) is 3.48. The Labute approximate surface area is 115 Å². The van der Waals surface area contributed by atoms with Gasteiger partial charge in [-0.3, -0.25) is 4.90 Å². The second kappa shape index (κ2) is 6.39. The van der Waals surface area contributed by atoms with Gasteiger partial charge in [0.25, 0.3) is 0 Å². The molecule has 0 saturated heterocycles. The molecule has 0 radical (unpaired) electrons. The van der Waals surface area contributed by atoms with Gasteiger partial charge in [0.1, 0.15) is 5.75 Å².